The monoisotopic (exact) mass is 418 g/mol. The van der Waals surface area contributed by atoms with E-state index in [0.29, 0.717) is 6.54 Å². The van der Waals surface area contributed by atoms with E-state index >= 15 is 0 Å². The summed E-state index contributed by atoms with van der Waals surface area (Å²) in [6.45, 7) is 4.05. The van der Waals surface area contributed by atoms with E-state index in [9.17, 15) is 19.2 Å². The first-order valence-corrected chi connectivity index (χ1v) is 9.84. The third kappa shape index (κ3) is 3.60. The fourth-order valence-corrected chi connectivity index (χ4v) is 3.60. The van der Waals surface area contributed by atoms with Crippen LogP contribution in [0.2, 0.25) is 0 Å². The first kappa shape index (κ1) is 21.9. The van der Waals surface area contributed by atoms with Crippen molar-refractivity contribution >= 4 is 23.1 Å². The van der Waals surface area contributed by atoms with Crippen LogP contribution >= 0.6 is 0 Å². The number of carbonyl (C=O) groups is 4. The molecule has 2 aliphatic rings. The van der Waals surface area contributed by atoms with Gasteiger partial charge in [0.2, 0.25) is 11.6 Å². The maximum Gasteiger partial charge on any atom is 0.210 e. The van der Waals surface area contributed by atoms with Gasteiger partial charge in [0.15, 0.2) is 11.6 Å². The lowest BCUT2D eigenvalue weighted by atomic mass is 9.77. The van der Waals surface area contributed by atoms with E-state index in [0.717, 1.165) is 0 Å². The van der Waals surface area contributed by atoms with Crippen LogP contribution in [0, 0.1) is 0 Å². The highest BCUT2D eigenvalue weighted by molar-refractivity contribution is 6.36. The Hall–Kier alpha value is -3.84. The number of rotatable bonds is 3. The summed E-state index contributed by atoms with van der Waals surface area (Å²) in [6, 6.07) is 12.7. The zero-order valence-corrected chi connectivity index (χ0v) is 17.2. The predicted octanol–water partition coefficient (Wildman–Crippen LogP) is 2.22. The number of aliphatic hydroxyl groups is 1. The third-order valence-electron chi connectivity index (χ3n) is 4.88. The van der Waals surface area contributed by atoms with Crippen LogP contribution in [-0.2, 0) is 0 Å². The summed E-state index contributed by atoms with van der Waals surface area (Å²) < 4.78 is 0. The molecule has 0 saturated carbocycles. The molecule has 7 heteroatoms. The molecule has 0 bridgehead atoms. The number of likely N-dealkylation sites (N-methyl/N-ethyl adjacent to an activating group) is 1. The smallest absolute Gasteiger partial charge is 0.210 e. The Bertz CT molecular complexity index is 1170. The number of aliphatic hydroxyl groups excluding tert-OH is 1. The number of hydrogen-bond acceptors (Lipinski definition) is 7. The van der Waals surface area contributed by atoms with E-state index < -0.39 is 23.1 Å². The minimum atomic E-state index is -0.543. The summed E-state index contributed by atoms with van der Waals surface area (Å²) in [7, 11) is 0. The maximum absolute atomic E-state index is 13.3. The average Bonchev–Trinajstić information content (AvgIpc) is 2.78. The summed E-state index contributed by atoms with van der Waals surface area (Å²) >= 11 is 0. The predicted molar refractivity (Wildman–Crippen MR) is 115 cm³/mol. The SMILES string of the molecule is CCNC1=C(C2=C(N)C(=O)c3ccccc3C2=O)C(=O)c2ccccc2C1=O.CCO. The van der Waals surface area contributed by atoms with Crippen LogP contribution in [0.5, 0.6) is 0 Å². The molecule has 0 unspecified atom stereocenters. The van der Waals surface area contributed by atoms with Crippen molar-refractivity contribution < 1.29 is 24.3 Å². The molecule has 0 atom stereocenters. The van der Waals surface area contributed by atoms with Gasteiger partial charge in [-0.1, -0.05) is 48.5 Å². The van der Waals surface area contributed by atoms with E-state index in [2.05, 4.69) is 5.32 Å². The molecular weight excluding hydrogens is 396 g/mol. The first-order chi connectivity index (χ1) is 14.9. The second kappa shape index (κ2) is 8.89. The van der Waals surface area contributed by atoms with Crippen molar-refractivity contribution in [2.45, 2.75) is 13.8 Å². The number of ketones is 4. The van der Waals surface area contributed by atoms with Crippen LogP contribution in [0.1, 0.15) is 55.3 Å². The van der Waals surface area contributed by atoms with Gasteiger partial charge >= 0.3 is 0 Å². The fourth-order valence-electron chi connectivity index (χ4n) is 3.60. The minimum absolute atomic E-state index is 0.00955. The number of allylic oxidation sites excluding steroid dienone is 4. The maximum atomic E-state index is 13.3. The number of nitrogens with one attached hydrogen (secondary N) is 1. The number of nitrogens with two attached hydrogens (primary N) is 1. The molecule has 2 aromatic carbocycles. The number of fused-ring (bicyclic) bond motifs is 2. The Kier molecular flexibility index (Phi) is 6.27. The molecule has 4 rings (SSSR count). The van der Waals surface area contributed by atoms with Gasteiger partial charge in [-0.2, -0.15) is 0 Å². The summed E-state index contributed by atoms with van der Waals surface area (Å²) in [5.74, 6) is -2.00. The standard InChI is InChI=1S/C22H16N2O4.C2H6O/c1-2-24-18-16(20(26)12-8-4-6-10-14(12)22(18)28)15-17(23)21(27)13-9-5-3-7-11(13)19(15)25;1-2-3/h3-10,24H,2,23H2,1H3;3H,2H2,1H3. The van der Waals surface area contributed by atoms with Crippen molar-refractivity contribution in [3.05, 3.63) is 93.3 Å². The fraction of sp³-hybridized carbons (Fsp3) is 0.167. The van der Waals surface area contributed by atoms with Crippen LogP contribution < -0.4 is 11.1 Å². The van der Waals surface area contributed by atoms with Crippen LogP contribution in [0.4, 0.5) is 0 Å². The number of hydrogen-bond donors (Lipinski definition) is 3. The first-order valence-electron chi connectivity index (χ1n) is 9.84. The molecule has 31 heavy (non-hydrogen) atoms. The molecule has 7 nitrogen and oxygen atoms in total. The number of Topliss-reactive ketones (excluding diaryl/α,β-unsaturated/α-hetero) is 4. The van der Waals surface area contributed by atoms with Gasteiger partial charge < -0.3 is 16.2 Å². The van der Waals surface area contributed by atoms with E-state index in [4.69, 9.17) is 10.8 Å². The number of benzene rings is 2. The topological polar surface area (TPSA) is 127 Å². The highest BCUT2D eigenvalue weighted by atomic mass is 16.2. The summed E-state index contributed by atoms with van der Waals surface area (Å²) in [5, 5.41) is 10.5. The third-order valence-corrected chi connectivity index (χ3v) is 4.88. The molecule has 4 N–H and O–H groups in total. The second-order valence-electron chi connectivity index (χ2n) is 6.79. The summed E-state index contributed by atoms with van der Waals surface area (Å²) in [6.07, 6.45) is 0. The largest absolute Gasteiger partial charge is 0.397 e. The molecule has 0 amide bonds. The Morgan fingerprint density at radius 2 is 1.10 bits per heavy atom. The molecule has 2 aromatic rings. The van der Waals surface area contributed by atoms with Crippen LogP contribution in [0.15, 0.2) is 71.1 Å². The molecule has 2 aliphatic carbocycles. The van der Waals surface area contributed by atoms with Gasteiger partial charge in [0.05, 0.1) is 22.5 Å². The number of carbonyl (C=O) groups excluding carboxylic acids is 4. The van der Waals surface area contributed by atoms with Gasteiger partial charge in [-0.15, -0.1) is 0 Å². The molecule has 0 fully saturated rings. The van der Waals surface area contributed by atoms with E-state index in [-0.39, 0.29) is 51.4 Å². The Labute approximate surface area is 179 Å². The lowest BCUT2D eigenvalue weighted by Crippen LogP contribution is -2.36. The lowest BCUT2D eigenvalue weighted by molar-refractivity contribution is 0.0949. The van der Waals surface area contributed by atoms with Crippen molar-refractivity contribution in [1.82, 2.24) is 5.32 Å². The summed E-state index contributed by atoms with van der Waals surface area (Å²) in [4.78, 5) is 52.2. The van der Waals surface area contributed by atoms with Gasteiger partial charge in [-0.05, 0) is 13.8 Å². The molecule has 0 heterocycles. The molecule has 0 spiro atoms. The molecule has 0 radical (unpaired) electrons. The van der Waals surface area contributed by atoms with Crippen molar-refractivity contribution in [3.63, 3.8) is 0 Å². The van der Waals surface area contributed by atoms with Gasteiger partial charge in [-0.25, -0.2) is 0 Å². The zero-order valence-electron chi connectivity index (χ0n) is 17.2. The average molecular weight is 418 g/mol. The van der Waals surface area contributed by atoms with Crippen LogP contribution in [0.25, 0.3) is 0 Å². The zero-order chi connectivity index (χ0) is 22.7. The van der Waals surface area contributed by atoms with Gasteiger partial charge in [-0.3, -0.25) is 19.2 Å². The van der Waals surface area contributed by atoms with Crippen molar-refractivity contribution in [2.24, 2.45) is 5.73 Å². The van der Waals surface area contributed by atoms with Gasteiger partial charge in [0, 0.05) is 35.4 Å². The normalized spacial score (nSPS) is 15.3. The Balaban J connectivity index is 0.000000858. The van der Waals surface area contributed by atoms with E-state index in [1.54, 1.807) is 44.2 Å². The Morgan fingerprint density at radius 3 is 1.55 bits per heavy atom. The second-order valence-corrected chi connectivity index (χ2v) is 6.79. The Morgan fingerprint density at radius 1 is 0.710 bits per heavy atom. The molecular formula is C24H22N2O5. The van der Waals surface area contributed by atoms with Crippen molar-refractivity contribution in [2.75, 3.05) is 13.2 Å². The van der Waals surface area contributed by atoms with Crippen LogP contribution in [-0.4, -0.2) is 41.4 Å². The van der Waals surface area contributed by atoms with Crippen molar-refractivity contribution in [1.29, 1.82) is 0 Å². The minimum Gasteiger partial charge on any atom is -0.397 e. The lowest BCUT2D eigenvalue weighted by Gasteiger charge is -2.26. The van der Waals surface area contributed by atoms with Crippen molar-refractivity contribution in [3.8, 4) is 0 Å². The van der Waals surface area contributed by atoms with E-state index in [1.807, 2.05) is 0 Å². The van der Waals surface area contributed by atoms with Crippen LogP contribution in [0.3, 0.4) is 0 Å². The summed E-state index contributed by atoms with van der Waals surface area (Å²) in [5.41, 5.74) is 6.13. The molecule has 0 saturated heterocycles. The van der Waals surface area contributed by atoms with Gasteiger partial charge in [0.25, 0.3) is 0 Å². The molecule has 0 aliphatic heterocycles. The van der Waals surface area contributed by atoms with E-state index in [1.165, 1.54) is 18.2 Å². The molecule has 0 aromatic heterocycles. The molecule has 158 valence electrons. The quantitative estimate of drug-likeness (QED) is 0.697. The highest BCUT2D eigenvalue weighted by Crippen LogP contribution is 2.35. The van der Waals surface area contributed by atoms with Gasteiger partial charge in [0.1, 0.15) is 0 Å². The highest BCUT2D eigenvalue weighted by Gasteiger charge is 2.40.